The summed E-state index contributed by atoms with van der Waals surface area (Å²) in [7, 11) is 2.98. The maximum Gasteiger partial charge on any atom is 0.416 e. The van der Waals surface area contributed by atoms with Crippen molar-refractivity contribution in [1.82, 2.24) is 14.9 Å². The highest BCUT2D eigenvalue weighted by atomic mass is 19.4. The molecule has 0 unspecified atom stereocenters. The summed E-state index contributed by atoms with van der Waals surface area (Å²) in [5.41, 5.74) is 12.2. The second-order valence-electron chi connectivity index (χ2n) is 9.42. The lowest BCUT2D eigenvalue weighted by Crippen LogP contribution is -2.31. The topological polar surface area (TPSA) is 99.5 Å². The third-order valence-electron chi connectivity index (χ3n) is 6.60. The van der Waals surface area contributed by atoms with Gasteiger partial charge < -0.3 is 20.9 Å². The van der Waals surface area contributed by atoms with E-state index in [1.165, 1.54) is 18.1 Å². The molecule has 0 radical (unpaired) electrons. The number of likely N-dealkylation sites (tertiary alicyclic amines) is 1. The molecule has 2 heterocycles. The van der Waals surface area contributed by atoms with E-state index in [2.05, 4.69) is 9.97 Å². The summed E-state index contributed by atoms with van der Waals surface area (Å²) in [6.45, 7) is 2.82. The standard InChI is InChI=1S/C25H28F5N5O2/c1-12(14-5-15(25(28,29)30)7-16(31)6-14)20-21-18(33-13(2)34-23(21)32)8-19(36-4)22(20)37-10-17-9-24(26,27)11-35(17)3/h5-8,12,17H,9-11,31H2,1-4H3,(H2,32,33,34)/t12-,17+/m1/s1. The van der Waals surface area contributed by atoms with Crippen molar-refractivity contribution in [1.29, 1.82) is 0 Å². The molecule has 37 heavy (non-hydrogen) atoms. The SMILES string of the molecule is COc1cc2nc(C)nc(N)c2c([C@H](C)c2cc(N)cc(C(F)(F)F)c2)c1OC[C@@H]1CC(F)(F)CN1C. The maximum atomic E-state index is 14.0. The van der Waals surface area contributed by atoms with Crippen molar-refractivity contribution in [3.05, 3.63) is 46.8 Å². The molecule has 1 aromatic heterocycles. The number of aryl methyl sites for hydroxylation is 1. The van der Waals surface area contributed by atoms with Gasteiger partial charge in [0.2, 0.25) is 0 Å². The lowest BCUT2D eigenvalue weighted by Gasteiger charge is -2.25. The molecule has 4 N–H and O–H groups in total. The van der Waals surface area contributed by atoms with E-state index < -0.39 is 36.2 Å². The fourth-order valence-corrected chi connectivity index (χ4v) is 4.83. The van der Waals surface area contributed by atoms with Gasteiger partial charge in [-0.05, 0) is 37.7 Å². The number of methoxy groups -OCH3 is 1. The minimum atomic E-state index is -4.61. The molecule has 0 spiro atoms. The van der Waals surface area contributed by atoms with Gasteiger partial charge in [0.25, 0.3) is 5.92 Å². The molecule has 200 valence electrons. The molecule has 0 amide bonds. The predicted molar refractivity (Wildman–Crippen MR) is 130 cm³/mol. The third-order valence-corrected chi connectivity index (χ3v) is 6.60. The number of hydrogen-bond donors (Lipinski definition) is 2. The lowest BCUT2D eigenvalue weighted by molar-refractivity contribution is -0.137. The lowest BCUT2D eigenvalue weighted by atomic mass is 9.88. The molecule has 2 aromatic carbocycles. The molecule has 1 aliphatic rings. The van der Waals surface area contributed by atoms with E-state index in [0.717, 1.165) is 12.1 Å². The smallest absolute Gasteiger partial charge is 0.416 e. The Morgan fingerprint density at radius 2 is 1.86 bits per heavy atom. The number of nitrogens with zero attached hydrogens (tertiary/aromatic N) is 3. The largest absolute Gasteiger partial charge is 0.493 e. The number of nitrogen functional groups attached to an aromatic ring is 2. The Morgan fingerprint density at radius 3 is 2.46 bits per heavy atom. The summed E-state index contributed by atoms with van der Waals surface area (Å²) >= 11 is 0. The van der Waals surface area contributed by atoms with E-state index in [-0.39, 0.29) is 41.6 Å². The number of nitrogens with two attached hydrogens (primary N) is 2. The maximum absolute atomic E-state index is 14.0. The molecule has 1 aliphatic heterocycles. The van der Waals surface area contributed by atoms with Gasteiger partial charge in [-0.3, -0.25) is 4.90 Å². The summed E-state index contributed by atoms with van der Waals surface area (Å²) in [6, 6.07) is 4.29. The molecule has 0 saturated carbocycles. The highest BCUT2D eigenvalue weighted by Crippen LogP contribution is 2.46. The van der Waals surface area contributed by atoms with Crippen molar-refractivity contribution in [3.8, 4) is 11.5 Å². The van der Waals surface area contributed by atoms with Crippen molar-refractivity contribution in [3.63, 3.8) is 0 Å². The molecule has 12 heteroatoms. The van der Waals surface area contributed by atoms with Crippen LogP contribution >= 0.6 is 0 Å². The molecule has 7 nitrogen and oxygen atoms in total. The number of benzene rings is 2. The Balaban J connectivity index is 1.90. The number of alkyl halides is 5. The number of hydrogen-bond acceptors (Lipinski definition) is 7. The number of aromatic nitrogens is 2. The average Bonchev–Trinajstić information content (AvgIpc) is 3.06. The normalized spacial score (nSPS) is 18.8. The second kappa shape index (κ2) is 9.47. The van der Waals surface area contributed by atoms with Gasteiger partial charge >= 0.3 is 6.18 Å². The minimum Gasteiger partial charge on any atom is -0.493 e. The van der Waals surface area contributed by atoms with Crippen LogP contribution in [0.25, 0.3) is 10.9 Å². The first-order chi connectivity index (χ1) is 17.2. The molecular formula is C25H28F5N5O2. The fraction of sp³-hybridized carbons (Fsp3) is 0.440. The van der Waals surface area contributed by atoms with Crippen molar-refractivity contribution >= 4 is 22.4 Å². The molecule has 3 aromatic rings. The Kier molecular flexibility index (Phi) is 6.82. The molecule has 1 saturated heterocycles. The highest BCUT2D eigenvalue weighted by molar-refractivity contribution is 5.95. The summed E-state index contributed by atoms with van der Waals surface area (Å²) < 4.78 is 80.3. The average molecular weight is 526 g/mol. The van der Waals surface area contributed by atoms with Crippen LogP contribution in [-0.4, -0.2) is 54.1 Å². The first-order valence-corrected chi connectivity index (χ1v) is 11.5. The van der Waals surface area contributed by atoms with Crippen LogP contribution in [0, 0.1) is 6.92 Å². The summed E-state index contributed by atoms with van der Waals surface area (Å²) in [6.07, 6.45) is -5.00. The van der Waals surface area contributed by atoms with Crippen LogP contribution in [0.15, 0.2) is 24.3 Å². The van der Waals surface area contributed by atoms with Gasteiger partial charge in [-0.1, -0.05) is 6.92 Å². The molecule has 4 rings (SSSR count). The van der Waals surface area contributed by atoms with Gasteiger partial charge in [-0.2, -0.15) is 13.2 Å². The van der Waals surface area contributed by atoms with E-state index >= 15 is 0 Å². The minimum absolute atomic E-state index is 0.0683. The van der Waals surface area contributed by atoms with E-state index in [0.29, 0.717) is 22.3 Å². The Hall–Kier alpha value is -3.41. The van der Waals surface area contributed by atoms with Crippen molar-refractivity contribution in [2.24, 2.45) is 0 Å². The third kappa shape index (κ3) is 5.34. The van der Waals surface area contributed by atoms with E-state index in [9.17, 15) is 22.0 Å². The van der Waals surface area contributed by atoms with Crippen LogP contribution < -0.4 is 20.9 Å². The number of likely N-dealkylation sites (N-methyl/N-ethyl adjacent to an activating group) is 1. The van der Waals surface area contributed by atoms with Crippen LogP contribution in [0.5, 0.6) is 11.5 Å². The number of rotatable bonds is 6. The van der Waals surface area contributed by atoms with Crippen LogP contribution in [0.1, 0.15) is 41.8 Å². The Bertz CT molecular complexity index is 1330. The fourth-order valence-electron chi connectivity index (χ4n) is 4.83. The van der Waals surface area contributed by atoms with Crippen molar-refractivity contribution < 1.29 is 31.4 Å². The van der Waals surface area contributed by atoms with Crippen molar-refractivity contribution in [2.45, 2.75) is 44.3 Å². The van der Waals surface area contributed by atoms with Crippen LogP contribution in [-0.2, 0) is 6.18 Å². The Labute approximate surface area is 210 Å². The van der Waals surface area contributed by atoms with Crippen LogP contribution in [0.2, 0.25) is 0 Å². The molecule has 2 atom stereocenters. The monoisotopic (exact) mass is 525 g/mol. The van der Waals surface area contributed by atoms with Crippen LogP contribution in [0.3, 0.4) is 0 Å². The number of fused-ring (bicyclic) bond motifs is 1. The molecule has 0 aliphatic carbocycles. The Morgan fingerprint density at radius 1 is 1.16 bits per heavy atom. The van der Waals surface area contributed by atoms with Crippen LogP contribution in [0.4, 0.5) is 33.5 Å². The zero-order valence-electron chi connectivity index (χ0n) is 20.8. The molecular weight excluding hydrogens is 497 g/mol. The predicted octanol–water partition coefficient (Wildman–Crippen LogP) is 5.00. The number of anilines is 2. The van der Waals surface area contributed by atoms with Crippen molar-refractivity contribution in [2.75, 3.05) is 38.8 Å². The second-order valence-corrected chi connectivity index (χ2v) is 9.42. The summed E-state index contributed by atoms with van der Waals surface area (Å²) in [5.74, 6) is -2.70. The zero-order valence-corrected chi connectivity index (χ0v) is 20.8. The molecule has 1 fully saturated rings. The van der Waals surface area contributed by atoms with Gasteiger partial charge in [0.05, 0.1) is 30.1 Å². The zero-order chi connectivity index (χ0) is 27.3. The van der Waals surface area contributed by atoms with E-state index in [4.69, 9.17) is 20.9 Å². The van der Waals surface area contributed by atoms with Gasteiger partial charge in [0.15, 0.2) is 11.5 Å². The first kappa shape index (κ1) is 26.6. The summed E-state index contributed by atoms with van der Waals surface area (Å²) in [5, 5.41) is 0.370. The number of halogens is 5. The van der Waals surface area contributed by atoms with Gasteiger partial charge in [-0.25, -0.2) is 18.7 Å². The van der Waals surface area contributed by atoms with E-state index in [1.807, 2.05) is 0 Å². The summed E-state index contributed by atoms with van der Waals surface area (Å²) in [4.78, 5) is 10.2. The highest BCUT2D eigenvalue weighted by Gasteiger charge is 2.43. The molecule has 0 bridgehead atoms. The van der Waals surface area contributed by atoms with E-state index in [1.54, 1.807) is 27.0 Å². The number of ether oxygens (including phenoxy) is 2. The van der Waals surface area contributed by atoms with Gasteiger partial charge in [-0.15, -0.1) is 0 Å². The quantitative estimate of drug-likeness (QED) is 0.345. The van der Waals surface area contributed by atoms with Gasteiger partial charge in [0.1, 0.15) is 18.2 Å². The van der Waals surface area contributed by atoms with Gasteiger partial charge in [0, 0.05) is 35.7 Å². The first-order valence-electron chi connectivity index (χ1n) is 11.5.